The SMILES string of the molecule is CCCCn1c(C(=O)N(C)OC)cc2cc(F)c(F)cc2c1=O. The third-order valence-corrected chi connectivity index (χ3v) is 3.67. The van der Waals surface area contributed by atoms with Gasteiger partial charge in [-0.15, -0.1) is 0 Å². The van der Waals surface area contributed by atoms with Crippen LogP contribution in [-0.4, -0.2) is 29.7 Å². The number of benzene rings is 1. The lowest BCUT2D eigenvalue weighted by Crippen LogP contribution is -2.33. The van der Waals surface area contributed by atoms with Crippen molar-refractivity contribution >= 4 is 16.7 Å². The lowest BCUT2D eigenvalue weighted by Gasteiger charge is -2.18. The van der Waals surface area contributed by atoms with Crippen molar-refractivity contribution in [1.82, 2.24) is 9.63 Å². The van der Waals surface area contributed by atoms with Crippen LogP contribution in [0.4, 0.5) is 8.78 Å². The first-order valence-corrected chi connectivity index (χ1v) is 7.25. The lowest BCUT2D eigenvalue weighted by atomic mass is 10.1. The van der Waals surface area contributed by atoms with Crippen LogP contribution in [0.2, 0.25) is 0 Å². The number of halogens is 2. The molecule has 1 heterocycles. The van der Waals surface area contributed by atoms with Crippen LogP contribution < -0.4 is 5.56 Å². The number of carbonyl (C=O) groups is 1. The summed E-state index contributed by atoms with van der Waals surface area (Å²) in [5.41, 5.74) is -0.450. The first-order valence-electron chi connectivity index (χ1n) is 7.25. The molecule has 1 aromatic heterocycles. The Hall–Kier alpha value is -2.28. The van der Waals surface area contributed by atoms with Gasteiger partial charge in [-0.3, -0.25) is 14.4 Å². The highest BCUT2D eigenvalue weighted by atomic mass is 19.2. The average molecular weight is 324 g/mol. The average Bonchev–Trinajstić information content (AvgIpc) is 2.54. The molecule has 23 heavy (non-hydrogen) atoms. The highest BCUT2D eigenvalue weighted by Gasteiger charge is 2.20. The minimum Gasteiger partial charge on any atom is -0.303 e. The molecule has 1 amide bonds. The van der Waals surface area contributed by atoms with E-state index in [0.29, 0.717) is 13.0 Å². The van der Waals surface area contributed by atoms with Crippen LogP contribution in [0.25, 0.3) is 10.8 Å². The molecule has 0 aliphatic carbocycles. The number of unbranched alkanes of at least 4 members (excludes halogenated alkanes) is 1. The Labute approximate surface area is 132 Å². The van der Waals surface area contributed by atoms with Crippen LogP contribution in [0.1, 0.15) is 30.3 Å². The minimum absolute atomic E-state index is 0.0385. The maximum absolute atomic E-state index is 13.4. The largest absolute Gasteiger partial charge is 0.303 e. The summed E-state index contributed by atoms with van der Waals surface area (Å²) < 4.78 is 28.2. The Morgan fingerprint density at radius 2 is 1.91 bits per heavy atom. The summed E-state index contributed by atoms with van der Waals surface area (Å²) in [6.45, 7) is 2.26. The van der Waals surface area contributed by atoms with Crippen molar-refractivity contribution in [3.8, 4) is 0 Å². The van der Waals surface area contributed by atoms with Gasteiger partial charge in [0.2, 0.25) is 0 Å². The third-order valence-electron chi connectivity index (χ3n) is 3.67. The van der Waals surface area contributed by atoms with Crippen LogP contribution in [0.15, 0.2) is 23.0 Å². The fourth-order valence-corrected chi connectivity index (χ4v) is 2.31. The van der Waals surface area contributed by atoms with Crippen molar-refractivity contribution in [2.45, 2.75) is 26.3 Å². The Bertz CT molecular complexity index is 802. The highest BCUT2D eigenvalue weighted by Crippen LogP contribution is 2.18. The Kier molecular flexibility index (Phi) is 5.10. The van der Waals surface area contributed by atoms with Gasteiger partial charge in [-0.2, -0.15) is 0 Å². The molecule has 0 unspecified atom stereocenters. The number of hydrogen-bond acceptors (Lipinski definition) is 3. The predicted molar refractivity (Wildman–Crippen MR) is 82.1 cm³/mol. The zero-order valence-corrected chi connectivity index (χ0v) is 13.2. The number of hydroxylamine groups is 2. The van der Waals surface area contributed by atoms with Gasteiger partial charge in [0.05, 0.1) is 12.5 Å². The van der Waals surface area contributed by atoms with E-state index in [4.69, 9.17) is 4.84 Å². The molecular formula is C16H18F2N2O3. The molecule has 0 aliphatic rings. The van der Waals surface area contributed by atoms with E-state index in [1.54, 1.807) is 0 Å². The monoisotopic (exact) mass is 324 g/mol. The summed E-state index contributed by atoms with van der Waals surface area (Å²) in [4.78, 5) is 29.8. The lowest BCUT2D eigenvalue weighted by molar-refractivity contribution is -0.0763. The van der Waals surface area contributed by atoms with Crippen LogP contribution in [0, 0.1) is 11.6 Å². The highest BCUT2D eigenvalue weighted by molar-refractivity contribution is 5.96. The Balaban J connectivity index is 2.74. The van der Waals surface area contributed by atoms with Gasteiger partial charge in [0, 0.05) is 13.6 Å². The molecule has 7 heteroatoms. The van der Waals surface area contributed by atoms with Crippen molar-refractivity contribution < 1.29 is 18.4 Å². The second kappa shape index (κ2) is 6.87. The maximum atomic E-state index is 13.4. The molecular weight excluding hydrogens is 306 g/mol. The van der Waals surface area contributed by atoms with E-state index in [1.165, 1.54) is 24.8 Å². The van der Waals surface area contributed by atoms with Gasteiger partial charge in [0.15, 0.2) is 11.6 Å². The van der Waals surface area contributed by atoms with Crippen molar-refractivity contribution in [3.05, 3.63) is 45.9 Å². The molecule has 0 spiro atoms. The number of nitrogens with zero attached hydrogens (tertiary/aromatic N) is 2. The van der Waals surface area contributed by atoms with Gasteiger partial charge in [0.25, 0.3) is 11.5 Å². The molecule has 0 fully saturated rings. The van der Waals surface area contributed by atoms with Crippen LogP contribution in [0.3, 0.4) is 0 Å². The van der Waals surface area contributed by atoms with Gasteiger partial charge in [-0.05, 0) is 30.0 Å². The molecule has 2 aromatic rings. The standard InChI is InChI=1S/C16H18F2N2O3/c1-4-5-6-20-14(16(22)19(2)23-3)8-10-7-12(17)13(18)9-11(10)15(20)21/h7-9H,4-6H2,1-3H3. The molecule has 0 saturated carbocycles. The van der Waals surface area contributed by atoms with Gasteiger partial charge in [-0.25, -0.2) is 13.8 Å². The number of fused-ring (bicyclic) bond motifs is 1. The van der Waals surface area contributed by atoms with Crippen molar-refractivity contribution in [1.29, 1.82) is 0 Å². The van der Waals surface area contributed by atoms with Gasteiger partial charge in [-0.1, -0.05) is 13.3 Å². The van der Waals surface area contributed by atoms with E-state index < -0.39 is 23.1 Å². The second-order valence-electron chi connectivity index (χ2n) is 5.18. The molecule has 5 nitrogen and oxygen atoms in total. The zero-order valence-electron chi connectivity index (χ0n) is 13.2. The molecule has 124 valence electrons. The smallest absolute Gasteiger partial charge is 0.293 e. The first-order chi connectivity index (χ1) is 10.9. The Morgan fingerprint density at radius 1 is 1.26 bits per heavy atom. The number of aromatic nitrogens is 1. The van der Waals surface area contributed by atoms with Crippen LogP contribution >= 0.6 is 0 Å². The van der Waals surface area contributed by atoms with E-state index in [1.807, 2.05) is 6.92 Å². The van der Waals surface area contributed by atoms with Crippen LogP contribution in [0.5, 0.6) is 0 Å². The van der Waals surface area contributed by atoms with Crippen molar-refractivity contribution in [2.24, 2.45) is 0 Å². The van der Waals surface area contributed by atoms with E-state index in [9.17, 15) is 18.4 Å². The van der Waals surface area contributed by atoms with E-state index in [2.05, 4.69) is 0 Å². The minimum atomic E-state index is -1.09. The van der Waals surface area contributed by atoms with Crippen LogP contribution in [-0.2, 0) is 11.4 Å². The van der Waals surface area contributed by atoms with Gasteiger partial charge >= 0.3 is 0 Å². The summed E-state index contributed by atoms with van der Waals surface area (Å²) in [6.07, 6.45) is 1.49. The van der Waals surface area contributed by atoms with E-state index in [-0.39, 0.29) is 16.5 Å². The number of pyridine rings is 1. The molecule has 0 atom stereocenters. The number of rotatable bonds is 5. The summed E-state index contributed by atoms with van der Waals surface area (Å²) in [5, 5.41) is 1.19. The fourth-order valence-electron chi connectivity index (χ4n) is 2.31. The number of hydrogen-bond donors (Lipinski definition) is 0. The quantitative estimate of drug-likeness (QED) is 0.795. The molecule has 0 N–H and O–H groups in total. The van der Waals surface area contributed by atoms with Crippen molar-refractivity contribution in [3.63, 3.8) is 0 Å². The van der Waals surface area contributed by atoms with E-state index >= 15 is 0 Å². The topological polar surface area (TPSA) is 51.5 Å². The first kappa shape index (κ1) is 17.1. The summed E-state index contributed by atoms with van der Waals surface area (Å²) in [5.74, 6) is -2.70. The number of carbonyl (C=O) groups excluding carboxylic acids is 1. The molecule has 1 aromatic carbocycles. The van der Waals surface area contributed by atoms with E-state index in [0.717, 1.165) is 23.6 Å². The summed E-state index contributed by atoms with van der Waals surface area (Å²) in [6, 6.07) is 3.16. The molecule has 2 rings (SSSR count). The third kappa shape index (κ3) is 3.24. The van der Waals surface area contributed by atoms with Gasteiger partial charge in [0.1, 0.15) is 5.69 Å². The molecule has 0 saturated heterocycles. The summed E-state index contributed by atoms with van der Waals surface area (Å²) >= 11 is 0. The predicted octanol–water partition coefficient (Wildman–Crippen LogP) is 2.71. The fraction of sp³-hybridized carbons (Fsp3) is 0.375. The molecule has 0 bridgehead atoms. The second-order valence-corrected chi connectivity index (χ2v) is 5.18. The molecule has 0 aliphatic heterocycles. The number of amides is 1. The van der Waals surface area contributed by atoms with Gasteiger partial charge < -0.3 is 4.57 Å². The Morgan fingerprint density at radius 3 is 2.52 bits per heavy atom. The summed E-state index contributed by atoms with van der Waals surface area (Å²) in [7, 11) is 2.73. The zero-order chi connectivity index (χ0) is 17.1. The normalized spacial score (nSPS) is 11.0. The van der Waals surface area contributed by atoms with Crippen molar-refractivity contribution in [2.75, 3.05) is 14.2 Å². The maximum Gasteiger partial charge on any atom is 0.293 e. The molecule has 0 radical (unpaired) electrons.